The van der Waals surface area contributed by atoms with E-state index in [9.17, 15) is 4.79 Å². The Kier molecular flexibility index (Phi) is 6.12. The number of anilines is 1. The first kappa shape index (κ1) is 19.0. The Hall–Kier alpha value is -2.81. The molecule has 3 aromatic rings. The summed E-state index contributed by atoms with van der Waals surface area (Å²) in [4.78, 5) is 19.5. The monoisotopic (exact) mass is 430 g/mol. The normalized spacial score (nSPS) is 11.9. The summed E-state index contributed by atoms with van der Waals surface area (Å²) >= 11 is 3.29. The molecule has 0 aliphatic heterocycles. The molecule has 0 amide bonds. The Labute approximate surface area is 164 Å². The van der Waals surface area contributed by atoms with Crippen LogP contribution in [0.4, 0.5) is 5.82 Å². The van der Waals surface area contributed by atoms with Gasteiger partial charge >= 0.3 is 0 Å². The van der Waals surface area contributed by atoms with Gasteiger partial charge in [0.05, 0.1) is 12.2 Å². The lowest BCUT2D eigenvalue weighted by Gasteiger charge is -2.15. The van der Waals surface area contributed by atoms with Crippen LogP contribution in [-0.4, -0.2) is 37.6 Å². The number of aromatic nitrogens is 5. The van der Waals surface area contributed by atoms with Crippen LogP contribution in [-0.2, 0) is 0 Å². The Morgan fingerprint density at radius 3 is 3.04 bits per heavy atom. The van der Waals surface area contributed by atoms with Crippen LogP contribution in [0.2, 0.25) is 0 Å². The molecule has 3 rings (SSSR count). The minimum atomic E-state index is 0.144. The molecule has 0 saturated heterocycles. The zero-order valence-electron chi connectivity index (χ0n) is 14.7. The molecule has 0 spiro atoms. The number of aldehydes is 1. The highest BCUT2D eigenvalue weighted by atomic mass is 79.9. The van der Waals surface area contributed by atoms with Gasteiger partial charge in [-0.25, -0.2) is 9.97 Å². The summed E-state index contributed by atoms with van der Waals surface area (Å²) in [5, 5.41) is 8.17. The van der Waals surface area contributed by atoms with Crippen molar-refractivity contribution in [2.75, 3.05) is 12.3 Å². The van der Waals surface area contributed by atoms with Crippen LogP contribution in [0.15, 0.2) is 41.3 Å². The molecular weight excluding hydrogens is 412 g/mol. The number of carbonyl (C=O) groups is 1. The molecule has 8 nitrogen and oxygen atoms in total. The van der Waals surface area contributed by atoms with E-state index < -0.39 is 0 Å². The number of nitrogens with two attached hydrogens (primary N) is 1. The predicted molar refractivity (Wildman–Crippen MR) is 104 cm³/mol. The fourth-order valence-corrected chi connectivity index (χ4v) is 3.01. The standard InChI is InChI=1S/C18H19BrN6O2/c1-12(4-3-7-27-18-13(10-26)8-14(19)9-21-18)25-11-22-24-17(25)15-5-2-6-16(20)23-15/h2,5-6,8-12H,3-4,7H2,1H3,(H2,20,23). The molecular formula is C18H19BrN6O2. The van der Waals surface area contributed by atoms with E-state index in [4.69, 9.17) is 10.5 Å². The summed E-state index contributed by atoms with van der Waals surface area (Å²) in [5.74, 6) is 1.46. The number of rotatable bonds is 8. The van der Waals surface area contributed by atoms with Crippen LogP contribution in [0.3, 0.4) is 0 Å². The molecule has 3 heterocycles. The topological polar surface area (TPSA) is 109 Å². The zero-order valence-corrected chi connectivity index (χ0v) is 16.3. The van der Waals surface area contributed by atoms with Gasteiger partial charge in [0.1, 0.15) is 17.8 Å². The molecule has 0 fully saturated rings. The molecule has 0 saturated carbocycles. The second-order valence-electron chi connectivity index (χ2n) is 6.01. The Balaban J connectivity index is 1.59. The maximum atomic E-state index is 11.1. The molecule has 3 aromatic heterocycles. The summed E-state index contributed by atoms with van der Waals surface area (Å²) in [6.45, 7) is 2.53. The van der Waals surface area contributed by atoms with Gasteiger partial charge in [-0.3, -0.25) is 4.79 Å². The fourth-order valence-electron chi connectivity index (χ4n) is 2.66. The third-order valence-electron chi connectivity index (χ3n) is 4.03. The van der Waals surface area contributed by atoms with Gasteiger partial charge in [0.2, 0.25) is 5.88 Å². The summed E-state index contributed by atoms with van der Waals surface area (Å²) in [6, 6.07) is 7.25. The lowest BCUT2D eigenvalue weighted by molar-refractivity contribution is 0.111. The average molecular weight is 431 g/mol. The van der Waals surface area contributed by atoms with Crippen LogP contribution in [0.5, 0.6) is 5.88 Å². The molecule has 9 heteroatoms. The number of hydrogen-bond donors (Lipinski definition) is 1. The number of hydrogen-bond acceptors (Lipinski definition) is 7. The molecule has 1 unspecified atom stereocenters. The first-order valence-corrected chi connectivity index (χ1v) is 9.23. The van der Waals surface area contributed by atoms with Crippen molar-refractivity contribution in [3.63, 3.8) is 0 Å². The van der Waals surface area contributed by atoms with E-state index >= 15 is 0 Å². The highest BCUT2D eigenvalue weighted by Crippen LogP contribution is 2.23. The second-order valence-corrected chi connectivity index (χ2v) is 6.93. The third kappa shape index (κ3) is 4.68. The third-order valence-corrected chi connectivity index (χ3v) is 4.46. The van der Waals surface area contributed by atoms with Crippen molar-refractivity contribution < 1.29 is 9.53 Å². The van der Waals surface area contributed by atoms with E-state index in [1.807, 2.05) is 16.7 Å². The van der Waals surface area contributed by atoms with Gasteiger partial charge in [-0.2, -0.15) is 0 Å². The van der Waals surface area contributed by atoms with Crippen LogP contribution >= 0.6 is 15.9 Å². The van der Waals surface area contributed by atoms with E-state index in [1.54, 1.807) is 24.7 Å². The molecule has 0 aromatic carbocycles. The molecule has 0 radical (unpaired) electrons. The minimum Gasteiger partial charge on any atom is -0.477 e. The Morgan fingerprint density at radius 1 is 1.41 bits per heavy atom. The van der Waals surface area contributed by atoms with Gasteiger partial charge in [-0.1, -0.05) is 6.07 Å². The van der Waals surface area contributed by atoms with Gasteiger partial charge in [-0.05, 0) is 53.9 Å². The molecule has 1 atom stereocenters. The second kappa shape index (κ2) is 8.72. The molecule has 27 heavy (non-hydrogen) atoms. The summed E-state index contributed by atoms with van der Waals surface area (Å²) in [7, 11) is 0. The van der Waals surface area contributed by atoms with Crippen molar-refractivity contribution in [1.29, 1.82) is 0 Å². The molecule has 0 aliphatic carbocycles. The Bertz CT molecular complexity index is 930. The largest absolute Gasteiger partial charge is 0.477 e. The van der Waals surface area contributed by atoms with Crippen molar-refractivity contribution >= 4 is 28.0 Å². The number of nitrogens with zero attached hydrogens (tertiary/aromatic N) is 5. The van der Waals surface area contributed by atoms with Crippen molar-refractivity contribution in [1.82, 2.24) is 24.7 Å². The van der Waals surface area contributed by atoms with E-state index in [0.717, 1.165) is 23.6 Å². The lowest BCUT2D eigenvalue weighted by Crippen LogP contribution is -2.09. The van der Waals surface area contributed by atoms with E-state index in [2.05, 4.69) is 43.0 Å². The molecule has 0 bridgehead atoms. The van der Waals surface area contributed by atoms with E-state index in [-0.39, 0.29) is 6.04 Å². The van der Waals surface area contributed by atoms with Crippen molar-refractivity contribution in [2.45, 2.75) is 25.8 Å². The van der Waals surface area contributed by atoms with Crippen LogP contribution < -0.4 is 10.5 Å². The van der Waals surface area contributed by atoms with E-state index in [1.165, 1.54) is 0 Å². The number of pyridine rings is 2. The SMILES string of the molecule is CC(CCCOc1ncc(Br)cc1C=O)n1cnnc1-c1cccc(N)n1. The highest BCUT2D eigenvalue weighted by Gasteiger charge is 2.14. The quantitative estimate of drug-likeness (QED) is 0.431. The fraction of sp³-hybridized carbons (Fsp3) is 0.278. The summed E-state index contributed by atoms with van der Waals surface area (Å²) < 4.78 is 8.35. The van der Waals surface area contributed by atoms with Gasteiger partial charge in [0.15, 0.2) is 12.1 Å². The van der Waals surface area contributed by atoms with Crippen molar-refractivity contribution in [3.8, 4) is 17.4 Å². The zero-order chi connectivity index (χ0) is 19.2. The van der Waals surface area contributed by atoms with E-state index in [0.29, 0.717) is 35.4 Å². The van der Waals surface area contributed by atoms with Crippen LogP contribution in [0.1, 0.15) is 36.2 Å². The molecule has 2 N–H and O–H groups in total. The van der Waals surface area contributed by atoms with Crippen LogP contribution in [0.25, 0.3) is 11.5 Å². The maximum absolute atomic E-state index is 11.1. The summed E-state index contributed by atoms with van der Waals surface area (Å²) in [5.41, 5.74) is 6.87. The van der Waals surface area contributed by atoms with Gasteiger partial charge in [-0.15, -0.1) is 10.2 Å². The highest BCUT2D eigenvalue weighted by molar-refractivity contribution is 9.10. The molecule has 140 valence electrons. The number of ether oxygens (including phenoxy) is 1. The summed E-state index contributed by atoms with van der Waals surface area (Å²) in [6.07, 6.45) is 5.64. The van der Waals surface area contributed by atoms with Gasteiger partial charge in [0.25, 0.3) is 0 Å². The van der Waals surface area contributed by atoms with Crippen molar-refractivity contribution in [3.05, 3.63) is 46.8 Å². The lowest BCUT2D eigenvalue weighted by atomic mass is 10.2. The number of halogens is 1. The van der Waals surface area contributed by atoms with Gasteiger partial charge in [0, 0.05) is 16.7 Å². The average Bonchev–Trinajstić information content (AvgIpc) is 3.16. The van der Waals surface area contributed by atoms with Crippen molar-refractivity contribution in [2.24, 2.45) is 0 Å². The number of carbonyl (C=O) groups excluding carboxylic acids is 1. The van der Waals surface area contributed by atoms with Gasteiger partial charge < -0.3 is 15.0 Å². The van der Waals surface area contributed by atoms with Crippen LogP contribution in [0, 0.1) is 0 Å². The number of nitrogen functional groups attached to an aromatic ring is 1. The maximum Gasteiger partial charge on any atom is 0.224 e. The minimum absolute atomic E-state index is 0.144. The Morgan fingerprint density at radius 2 is 2.26 bits per heavy atom. The first-order valence-electron chi connectivity index (χ1n) is 8.44. The molecule has 0 aliphatic rings. The predicted octanol–water partition coefficient (Wildman–Crippen LogP) is 3.31. The first-order chi connectivity index (χ1) is 13.1. The smallest absolute Gasteiger partial charge is 0.224 e.